The third-order valence-electron chi connectivity index (χ3n) is 8.06. The largest absolute Gasteiger partial charge is 0.478 e. The highest BCUT2D eigenvalue weighted by molar-refractivity contribution is 6.05. The van der Waals surface area contributed by atoms with Gasteiger partial charge in [-0.05, 0) is 86.2 Å². The fourth-order valence-electron chi connectivity index (χ4n) is 5.69. The van der Waals surface area contributed by atoms with Gasteiger partial charge in [-0.25, -0.2) is 9.78 Å². The van der Waals surface area contributed by atoms with Gasteiger partial charge in [0, 0.05) is 29.6 Å². The third kappa shape index (κ3) is 4.90. The van der Waals surface area contributed by atoms with Crippen LogP contribution in [-0.2, 0) is 9.59 Å². The lowest BCUT2D eigenvalue weighted by molar-refractivity contribution is -0.131. The van der Waals surface area contributed by atoms with Crippen LogP contribution in [0.25, 0.3) is 28.6 Å². The molecule has 0 spiro atoms. The molecule has 6 rings (SSSR count). The Balaban J connectivity index is 1.22. The average molecular weight is 538 g/mol. The number of nitrogens with one attached hydrogen (secondary N) is 3. The first-order chi connectivity index (χ1) is 19.4. The number of carboxylic acids is 1. The molecule has 2 fully saturated rings. The second-order valence-electron chi connectivity index (χ2n) is 10.7. The van der Waals surface area contributed by atoms with Gasteiger partial charge in [-0.15, -0.1) is 0 Å². The molecule has 0 saturated heterocycles. The number of aromatic nitrogens is 3. The minimum atomic E-state index is -1.02. The first-order valence-corrected chi connectivity index (χ1v) is 13.7. The Labute approximate surface area is 231 Å². The van der Waals surface area contributed by atoms with Crippen molar-refractivity contribution in [3.05, 3.63) is 78.0 Å². The van der Waals surface area contributed by atoms with E-state index >= 15 is 0 Å². The third-order valence-corrected chi connectivity index (χ3v) is 8.06. The SMILES string of the molecule is O=C(O)/C=C/c1ccc(NC(=O)C2(NC(=O)c3ccc4c(c3)nc(-c3ccc[nH]3)n4C3CCC3)CCCC2)cc1. The van der Waals surface area contributed by atoms with Crippen LogP contribution in [0.3, 0.4) is 0 Å². The molecule has 0 aliphatic heterocycles. The number of rotatable bonds is 8. The number of carboxylic acid groups (broad SMARTS) is 1. The van der Waals surface area contributed by atoms with Gasteiger partial charge in [0.05, 0.1) is 16.7 Å². The van der Waals surface area contributed by atoms with E-state index in [1.165, 1.54) is 12.5 Å². The predicted molar refractivity (Wildman–Crippen MR) is 153 cm³/mol. The van der Waals surface area contributed by atoms with Gasteiger partial charge in [-0.1, -0.05) is 25.0 Å². The van der Waals surface area contributed by atoms with Crippen molar-refractivity contribution in [2.24, 2.45) is 0 Å². The van der Waals surface area contributed by atoms with E-state index in [1.54, 1.807) is 24.3 Å². The van der Waals surface area contributed by atoms with Crippen molar-refractivity contribution < 1.29 is 19.5 Å². The average Bonchev–Trinajstić information content (AvgIpc) is 3.68. The van der Waals surface area contributed by atoms with Crippen molar-refractivity contribution in [1.82, 2.24) is 19.9 Å². The molecule has 0 radical (unpaired) electrons. The van der Waals surface area contributed by atoms with Crippen molar-refractivity contribution in [2.45, 2.75) is 56.5 Å². The van der Waals surface area contributed by atoms with Crippen LogP contribution >= 0.6 is 0 Å². The number of hydrogen-bond acceptors (Lipinski definition) is 4. The molecule has 2 heterocycles. The molecule has 2 aromatic heterocycles. The normalized spacial score (nSPS) is 16.7. The monoisotopic (exact) mass is 537 g/mol. The molecular formula is C31H31N5O4. The quantitative estimate of drug-likeness (QED) is 0.220. The smallest absolute Gasteiger partial charge is 0.328 e. The van der Waals surface area contributed by atoms with Crippen molar-refractivity contribution in [3.8, 4) is 11.5 Å². The summed E-state index contributed by atoms with van der Waals surface area (Å²) in [7, 11) is 0. The minimum Gasteiger partial charge on any atom is -0.478 e. The molecule has 0 bridgehead atoms. The Hall–Kier alpha value is -4.66. The van der Waals surface area contributed by atoms with Crippen LogP contribution in [0.15, 0.2) is 66.9 Å². The Morgan fingerprint density at radius 1 is 1.02 bits per heavy atom. The Kier molecular flexibility index (Phi) is 6.71. The van der Waals surface area contributed by atoms with Gasteiger partial charge >= 0.3 is 5.97 Å². The van der Waals surface area contributed by atoms with Gasteiger partial charge in [0.1, 0.15) is 5.54 Å². The molecule has 0 atom stereocenters. The van der Waals surface area contributed by atoms with Gasteiger partial charge in [0.15, 0.2) is 5.82 Å². The number of aromatic amines is 1. The lowest BCUT2D eigenvalue weighted by atomic mass is 9.92. The Bertz CT molecular complexity index is 1590. The van der Waals surface area contributed by atoms with Gasteiger partial charge in [0.25, 0.3) is 5.91 Å². The highest BCUT2D eigenvalue weighted by Gasteiger charge is 2.42. The first-order valence-electron chi connectivity index (χ1n) is 13.7. The fourth-order valence-corrected chi connectivity index (χ4v) is 5.69. The molecule has 2 saturated carbocycles. The summed E-state index contributed by atoms with van der Waals surface area (Å²) in [6, 6.07) is 16.9. The number of nitrogens with zero attached hydrogens (tertiary/aromatic N) is 2. The van der Waals surface area contributed by atoms with Crippen LogP contribution < -0.4 is 10.6 Å². The summed E-state index contributed by atoms with van der Waals surface area (Å²) in [6.45, 7) is 0. The van der Waals surface area contributed by atoms with Gasteiger partial charge in [0.2, 0.25) is 5.91 Å². The lowest BCUT2D eigenvalue weighted by Gasteiger charge is -2.29. The van der Waals surface area contributed by atoms with Crippen LogP contribution in [-0.4, -0.2) is 43.0 Å². The molecule has 9 heteroatoms. The van der Waals surface area contributed by atoms with Crippen molar-refractivity contribution >= 4 is 40.6 Å². The molecule has 2 amide bonds. The number of hydrogen-bond donors (Lipinski definition) is 4. The number of carbonyl (C=O) groups excluding carboxylic acids is 2. The van der Waals surface area contributed by atoms with E-state index in [-0.39, 0.29) is 11.8 Å². The fraction of sp³-hybridized carbons (Fsp3) is 0.290. The van der Waals surface area contributed by atoms with Crippen LogP contribution in [0.1, 0.15) is 66.9 Å². The summed E-state index contributed by atoms with van der Waals surface area (Å²) >= 11 is 0. The predicted octanol–water partition coefficient (Wildman–Crippen LogP) is 5.54. The van der Waals surface area contributed by atoms with Gasteiger partial charge < -0.3 is 25.3 Å². The number of benzene rings is 2. The summed E-state index contributed by atoms with van der Waals surface area (Å²) in [6.07, 6.45) is 10.7. The van der Waals surface area contributed by atoms with Crippen LogP contribution in [0.4, 0.5) is 5.69 Å². The minimum absolute atomic E-state index is 0.253. The van der Waals surface area contributed by atoms with Crippen molar-refractivity contribution in [2.75, 3.05) is 5.32 Å². The second-order valence-corrected chi connectivity index (χ2v) is 10.7. The number of H-pyrrole nitrogens is 1. The van der Waals surface area contributed by atoms with E-state index in [9.17, 15) is 14.4 Å². The van der Waals surface area contributed by atoms with E-state index in [2.05, 4.69) is 20.2 Å². The van der Waals surface area contributed by atoms with Gasteiger partial charge in [-0.3, -0.25) is 9.59 Å². The van der Waals surface area contributed by atoms with E-state index in [0.29, 0.717) is 35.7 Å². The molecule has 0 unspecified atom stereocenters. The number of amides is 2. The second kappa shape index (κ2) is 10.5. The molecule has 40 heavy (non-hydrogen) atoms. The Morgan fingerprint density at radius 3 is 2.45 bits per heavy atom. The molecule has 4 aromatic rings. The zero-order valence-electron chi connectivity index (χ0n) is 22.0. The summed E-state index contributed by atoms with van der Waals surface area (Å²) in [5.74, 6) is -0.703. The van der Waals surface area contributed by atoms with Crippen molar-refractivity contribution in [3.63, 3.8) is 0 Å². The van der Waals surface area contributed by atoms with Crippen LogP contribution in [0.5, 0.6) is 0 Å². The number of aliphatic carboxylic acids is 1. The van der Waals surface area contributed by atoms with E-state index in [4.69, 9.17) is 10.1 Å². The van der Waals surface area contributed by atoms with Crippen LogP contribution in [0.2, 0.25) is 0 Å². The standard InChI is InChI=1S/C31H31N5O4/c37-27(38)15-10-20-8-12-22(13-9-20)33-30(40)31(16-1-2-17-31)35-29(39)21-11-14-26-25(19-21)34-28(24-7-4-18-32-24)36(26)23-5-3-6-23/h4,7-15,18-19,23,32H,1-3,5-6,16-17H2,(H,33,40)(H,35,39)(H,37,38)/b15-10+. The zero-order valence-corrected chi connectivity index (χ0v) is 22.0. The summed E-state index contributed by atoms with van der Waals surface area (Å²) in [5.41, 5.74) is 3.46. The molecule has 2 aliphatic rings. The first kappa shape index (κ1) is 25.6. The van der Waals surface area contributed by atoms with Crippen molar-refractivity contribution in [1.29, 1.82) is 0 Å². The zero-order chi connectivity index (χ0) is 27.7. The van der Waals surface area contributed by atoms with E-state index in [0.717, 1.165) is 54.3 Å². The molecule has 2 aliphatic carbocycles. The number of fused-ring (bicyclic) bond motifs is 1. The maximum atomic E-state index is 13.5. The summed E-state index contributed by atoms with van der Waals surface area (Å²) in [5, 5.41) is 14.8. The Morgan fingerprint density at radius 2 is 1.80 bits per heavy atom. The maximum Gasteiger partial charge on any atom is 0.328 e. The van der Waals surface area contributed by atoms with E-state index < -0.39 is 11.5 Å². The summed E-state index contributed by atoms with van der Waals surface area (Å²) in [4.78, 5) is 45.9. The molecule has 4 N–H and O–H groups in total. The lowest BCUT2D eigenvalue weighted by Crippen LogP contribution is -2.55. The summed E-state index contributed by atoms with van der Waals surface area (Å²) < 4.78 is 2.28. The maximum absolute atomic E-state index is 13.5. The number of carbonyl (C=O) groups is 3. The highest BCUT2D eigenvalue weighted by Crippen LogP contribution is 2.38. The van der Waals surface area contributed by atoms with E-state index in [1.807, 2.05) is 36.5 Å². The molecule has 9 nitrogen and oxygen atoms in total. The number of anilines is 1. The van der Waals surface area contributed by atoms with Crippen LogP contribution in [0, 0.1) is 0 Å². The highest BCUT2D eigenvalue weighted by atomic mass is 16.4. The van der Waals surface area contributed by atoms with Gasteiger partial charge in [-0.2, -0.15) is 0 Å². The molecule has 204 valence electrons. The molecular weight excluding hydrogens is 506 g/mol. The topological polar surface area (TPSA) is 129 Å². The number of imidazole rings is 1. The molecule has 2 aromatic carbocycles.